The molecule has 0 heterocycles. The van der Waals surface area contributed by atoms with Crippen LogP contribution >= 0.6 is 58.0 Å². The zero-order chi connectivity index (χ0) is 7.00. The van der Waals surface area contributed by atoms with Crippen LogP contribution in [0.2, 0.25) is 0 Å². The highest BCUT2D eigenvalue weighted by molar-refractivity contribution is 6.75. The summed E-state index contributed by atoms with van der Waals surface area (Å²) in [7, 11) is 0. The molecule has 0 spiro atoms. The van der Waals surface area contributed by atoms with E-state index in [1.54, 1.807) is 0 Å². The van der Waals surface area contributed by atoms with Crippen molar-refractivity contribution in [2.45, 2.75) is 8.13 Å². The van der Waals surface area contributed by atoms with Crippen LogP contribution in [-0.2, 0) is 0 Å². The van der Waals surface area contributed by atoms with Crippen LogP contribution in [0.15, 0.2) is 0 Å². The molecule has 0 N–H and O–H groups in total. The van der Waals surface area contributed by atoms with Gasteiger partial charge in [0, 0.05) is 0 Å². The molecule has 0 atom stereocenters. The number of hydrogen-bond acceptors (Lipinski definition) is 0. The molecule has 49 valence electrons. The average molecular weight is 215 g/mol. The van der Waals surface area contributed by atoms with Gasteiger partial charge >= 0.3 is 0 Å². The van der Waals surface area contributed by atoms with Gasteiger partial charge in [0.2, 0.25) is 3.79 Å². The van der Waals surface area contributed by atoms with Crippen molar-refractivity contribution in [2.24, 2.45) is 0 Å². The van der Waals surface area contributed by atoms with Gasteiger partial charge in [-0.05, 0) is 6.92 Å². The molecule has 0 saturated heterocycles. The average Bonchev–Trinajstić information content (AvgIpc) is 1.25. The lowest BCUT2D eigenvalue weighted by atomic mass is 10.5. The van der Waals surface area contributed by atoms with Crippen LogP contribution < -0.4 is 0 Å². The maximum absolute atomic E-state index is 5.27. The van der Waals surface area contributed by atoms with Crippen LogP contribution in [0.4, 0.5) is 0 Å². The third-order valence-electron chi connectivity index (χ3n) is 0.415. The summed E-state index contributed by atoms with van der Waals surface area (Å²) in [6, 6.07) is 0. The molecular formula is C3H2Cl5. The van der Waals surface area contributed by atoms with Gasteiger partial charge in [-0.3, -0.25) is 0 Å². The molecule has 0 aliphatic rings. The van der Waals surface area contributed by atoms with Crippen molar-refractivity contribution >= 4 is 58.0 Å². The minimum absolute atomic E-state index is 1.57. The molecular weight excluding hydrogens is 213 g/mol. The Hall–Kier alpha value is 1.45. The first kappa shape index (κ1) is 9.45. The van der Waals surface area contributed by atoms with E-state index in [0.717, 1.165) is 0 Å². The smallest absolute Gasteiger partial charge is 0.0969 e. The lowest BCUT2D eigenvalue weighted by molar-refractivity contribution is 0.989. The molecule has 0 aromatic rings. The second kappa shape index (κ2) is 2.59. The quantitative estimate of drug-likeness (QED) is 0.543. The van der Waals surface area contributed by atoms with Gasteiger partial charge < -0.3 is 0 Å². The molecule has 0 fully saturated rings. The summed E-state index contributed by atoms with van der Waals surface area (Å²) in [5, 5.41) is 0. The standard InChI is InChI=1S/C3H2Cl5/c1-2(4,5)3(6,7)8/h1H2. The van der Waals surface area contributed by atoms with E-state index in [1.807, 2.05) is 0 Å². The van der Waals surface area contributed by atoms with Crippen LogP contribution in [-0.4, -0.2) is 8.13 Å². The lowest BCUT2D eigenvalue weighted by Crippen LogP contribution is -2.26. The molecule has 0 saturated carbocycles. The van der Waals surface area contributed by atoms with Gasteiger partial charge in [0.15, 0.2) is 4.33 Å². The Labute approximate surface area is 73.0 Å². The molecule has 0 nitrogen and oxygen atoms in total. The van der Waals surface area contributed by atoms with Crippen molar-refractivity contribution in [3.05, 3.63) is 6.92 Å². The SMILES string of the molecule is [CH2]C(Cl)(Cl)C(Cl)(Cl)Cl. The molecule has 0 aromatic carbocycles. The first-order valence-corrected chi connectivity index (χ1v) is 3.44. The van der Waals surface area contributed by atoms with Crippen molar-refractivity contribution in [3.8, 4) is 0 Å². The highest BCUT2D eigenvalue weighted by atomic mass is 35.6. The molecule has 8 heavy (non-hydrogen) atoms. The fraction of sp³-hybridized carbons (Fsp3) is 0.667. The molecule has 0 unspecified atom stereocenters. The summed E-state index contributed by atoms with van der Waals surface area (Å²) in [6.07, 6.45) is 0. The van der Waals surface area contributed by atoms with E-state index >= 15 is 0 Å². The van der Waals surface area contributed by atoms with Crippen LogP contribution in [0.25, 0.3) is 0 Å². The van der Waals surface area contributed by atoms with Gasteiger partial charge in [0.1, 0.15) is 0 Å². The molecule has 1 radical (unpaired) electrons. The van der Waals surface area contributed by atoms with Crippen LogP contribution in [0.1, 0.15) is 0 Å². The fourth-order valence-electron chi connectivity index (χ4n) is 0. The number of rotatable bonds is 0. The Morgan fingerprint density at radius 1 is 0.875 bits per heavy atom. The van der Waals surface area contributed by atoms with Crippen molar-refractivity contribution in [1.29, 1.82) is 0 Å². The van der Waals surface area contributed by atoms with E-state index in [9.17, 15) is 0 Å². The highest BCUT2D eigenvalue weighted by Gasteiger charge is 2.41. The predicted molar refractivity (Wildman–Crippen MR) is 40.1 cm³/mol. The Morgan fingerprint density at radius 3 is 1.00 bits per heavy atom. The van der Waals surface area contributed by atoms with Gasteiger partial charge in [-0.15, -0.1) is 0 Å². The minimum Gasteiger partial charge on any atom is -0.0969 e. The number of alkyl halides is 5. The maximum atomic E-state index is 5.27. The van der Waals surface area contributed by atoms with Crippen LogP contribution in [0.5, 0.6) is 0 Å². The summed E-state index contributed by atoms with van der Waals surface area (Å²) in [5.74, 6) is 0. The van der Waals surface area contributed by atoms with Gasteiger partial charge in [-0.25, -0.2) is 0 Å². The third kappa shape index (κ3) is 2.84. The number of halogens is 5. The van der Waals surface area contributed by atoms with Gasteiger partial charge in [0.25, 0.3) is 0 Å². The molecule has 0 rings (SSSR count). The Kier molecular flexibility index (Phi) is 3.06. The molecule has 0 bridgehead atoms. The van der Waals surface area contributed by atoms with Gasteiger partial charge in [-0.1, -0.05) is 58.0 Å². The topological polar surface area (TPSA) is 0 Å². The number of hydrogen-bond donors (Lipinski definition) is 0. The lowest BCUT2D eigenvalue weighted by Gasteiger charge is -2.21. The van der Waals surface area contributed by atoms with Crippen molar-refractivity contribution < 1.29 is 0 Å². The predicted octanol–water partition coefficient (Wildman–Crippen LogP) is 3.36. The first-order valence-electron chi connectivity index (χ1n) is 1.55. The van der Waals surface area contributed by atoms with Crippen molar-refractivity contribution in [2.75, 3.05) is 0 Å². The first-order chi connectivity index (χ1) is 3.25. The summed E-state index contributed by atoms with van der Waals surface area (Å²) in [6.45, 7) is 3.18. The monoisotopic (exact) mass is 213 g/mol. The van der Waals surface area contributed by atoms with E-state index in [0.29, 0.717) is 0 Å². The molecule has 0 aliphatic carbocycles. The van der Waals surface area contributed by atoms with E-state index in [2.05, 4.69) is 6.92 Å². The summed E-state index contributed by atoms with van der Waals surface area (Å²) in [4.78, 5) is 0. The Morgan fingerprint density at radius 2 is 1.00 bits per heavy atom. The van der Waals surface area contributed by atoms with Crippen LogP contribution in [0.3, 0.4) is 0 Å². The molecule has 0 aromatic heterocycles. The van der Waals surface area contributed by atoms with E-state index in [4.69, 9.17) is 58.0 Å². The van der Waals surface area contributed by atoms with E-state index in [-0.39, 0.29) is 0 Å². The zero-order valence-electron chi connectivity index (χ0n) is 3.60. The minimum atomic E-state index is -1.73. The third-order valence-corrected chi connectivity index (χ3v) is 2.53. The summed E-state index contributed by atoms with van der Waals surface area (Å²) < 4.78 is -3.30. The normalized spacial score (nSPS) is 14.2. The van der Waals surface area contributed by atoms with Gasteiger partial charge in [0.05, 0.1) is 0 Å². The van der Waals surface area contributed by atoms with Crippen molar-refractivity contribution in [3.63, 3.8) is 0 Å². The largest absolute Gasteiger partial charge is 0.223 e. The summed E-state index contributed by atoms with van der Waals surface area (Å²) in [5.41, 5.74) is 0. The van der Waals surface area contributed by atoms with Crippen LogP contribution in [0, 0.1) is 6.92 Å². The summed E-state index contributed by atoms with van der Waals surface area (Å²) >= 11 is 26.2. The van der Waals surface area contributed by atoms with E-state index in [1.165, 1.54) is 0 Å². The second-order valence-electron chi connectivity index (χ2n) is 1.20. The maximum Gasteiger partial charge on any atom is 0.223 e. The van der Waals surface area contributed by atoms with Gasteiger partial charge in [-0.2, -0.15) is 0 Å². The fourth-order valence-corrected chi connectivity index (χ4v) is 0. The molecule has 0 amide bonds. The van der Waals surface area contributed by atoms with Crippen molar-refractivity contribution in [1.82, 2.24) is 0 Å². The Bertz CT molecular complexity index is 62.7. The molecule has 5 heteroatoms. The highest BCUT2D eigenvalue weighted by Crippen LogP contribution is 2.44. The zero-order valence-corrected chi connectivity index (χ0v) is 7.38. The van der Waals surface area contributed by atoms with E-state index < -0.39 is 8.13 Å². The second-order valence-corrected chi connectivity index (χ2v) is 4.97. The molecule has 0 aliphatic heterocycles. The Balaban J connectivity index is 4.02.